The molecule has 0 saturated heterocycles. The van der Waals surface area contributed by atoms with Crippen LogP contribution in [-0.2, 0) is 0 Å². The molecular formula is C20H17ClN4O2S. The SMILES string of the molecule is C[C@@H](CO)N(C(=O)c1nc(-c2cnn3ccccc23)c(Cl)s1)c1ccccc1. The number of halogens is 1. The number of fused-ring (bicyclic) bond motifs is 1. The highest BCUT2D eigenvalue weighted by atomic mass is 35.5. The number of para-hydroxylation sites is 1. The molecule has 0 aliphatic rings. The molecule has 3 aromatic heterocycles. The normalized spacial score (nSPS) is 12.2. The predicted molar refractivity (Wildman–Crippen MR) is 111 cm³/mol. The Kier molecular flexibility index (Phi) is 5.13. The summed E-state index contributed by atoms with van der Waals surface area (Å²) in [5.74, 6) is -0.303. The van der Waals surface area contributed by atoms with Crippen molar-refractivity contribution in [1.82, 2.24) is 14.6 Å². The number of thiazole rings is 1. The third kappa shape index (κ3) is 3.28. The van der Waals surface area contributed by atoms with Gasteiger partial charge in [0.15, 0.2) is 5.01 Å². The van der Waals surface area contributed by atoms with E-state index in [-0.39, 0.29) is 17.5 Å². The minimum atomic E-state index is -0.405. The van der Waals surface area contributed by atoms with Crippen molar-refractivity contribution in [2.45, 2.75) is 13.0 Å². The highest BCUT2D eigenvalue weighted by Crippen LogP contribution is 2.35. The molecule has 1 N–H and O–H groups in total. The third-order valence-electron chi connectivity index (χ3n) is 4.41. The number of aliphatic hydroxyl groups is 1. The van der Waals surface area contributed by atoms with Crippen LogP contribution < -0.4 is 4.90 Å². The summed E-state index contributed by atoms with van der Waals surface area (Å²) in [6, 6.07) is 14.5. The maximum atomic E-state index is 13.2. The van der Waals surface area contributed by atoms with E-state index in [1.165, 1.54) is 4.90 Å². The number of benzene rings is 1. The Morgan fingerprint density at radius 3 is 2.75 bits per heavy atom. The fourth-order valence-electron chi connectivity index (χ4n) is 3.02. The molecule has 0 bridgehead atoms. The summed E-state index contributed by atoms with van der Waals surface area (Å²) in [5, 5.41) is 14.2. The summed E-state index contributed by atoms with van der Waals surface area (Å²) in [6.45, 7) is 1.62. The highest BCUT2D eigenvalue weighted by molar-refractivity contribution is 7.18. The predicted octanol–water partition coefficient (Wildman–Crippen LogP) is 4.14. The van der Waals surface area contributed by atoms with Gasteiger partial charge in [-0.15, -0.1) is 0 Å². The lowest BCUT2D eigenvalue weighted by Gasteiger charge is -2.27. The smallest absolute Gasteiger partial charge is 0.287 e. The van der Waals surface area contributed by atoms with Gasteiger partial charge in [-0.1, -0.05) is 47.2 Å². The van der Waals surface area contributed by atoms with E-state index >= 15 is 0 Å². The van der Waals surface area contributed by atoms with Crippen LogP contribution in [0.2, 0.25) is 4.34 Å². The summed E-state index contributed by atoms with van der Waals surface area (Å²) in [6.07, 6.45) is 3.53. The minimum Gasteiger partial charge on any atom is -0.394 e. The van der Waals surface area contributed by atoms with Crippen LogP contribution in [0.1, 0.15) is 16.7 Å². The molecule has 0 spiro atoms. The molecule has 0 saturated carbocycles. The number of carbonyl (C=O) groups excluding carboxylic acids is 1. The Morgan fingerprint density at radius 2 is 2.00 bits per heavy atom. The summed E-state index contributed by atoms with van der Waals surface area (Å²) >= 11 is 7.57. The first-order valence-electron chi connectivity index (χ1n) is 8.68. The van der Waals surface area contributed by atoms with Crippen LogP contribution in [0.5, 0.6) is 0 Å². The maximum Gasteiger partial charge on any atom is 0.287 e. The Hall–Kier alpha value is -2.74. The number of rotatable bonds is 5. The van der Waals surface area contributed by atoms with E-state index in [9.17, 15) is 9.90 Å². The molecule has 0 aliphatic heterocycles. The van der Waals surface area contributed by atoms with E-state index in [1.807, 2.05) is 54.7 Å². The van der Waals surface area contributed by atoms with Gasteiger partial charge < -0.3 is 10.0 Å². The van der Waals surface area contributed by atoms with Gasteiger partial charge >= 0.3 is 0 Å². The quantitative estimate of drug-likeness (QED) is 0.534. The molecular weight excluding hydrogens is 396 g/mol. The van der Waals surface area contributed by atoms with Crippen LogP contribution >= 0.6 is 22.9 Å². The first-order valence-corrected chi connectivity index (χ1v) is 9.88. The number of hydrogen-bond acceptors (Lipinski definition) is 5. The largest absolute Gasteiger partial charge is 0.394 e. The fraction of sp³-hybridized carbons (Fsp3) is 0.150. The summed E-state index contributed by atoms with van der Waals surface area (Å²) in [7, 11) is 0. The van der Waals surface area contributed by atoms with Crippen molar-refractivity contribution in [1.29, 1.82) is 0 Å². The molecule has 0 fully saturated rings. The topological polar surface area (TPSA) is 70.7 Å². The average molecular weight is 413 g/mol. The minimum absolute atomic E-state index is 0.166. The lowest BCUT2D eigenvalue weighted by atomic mass is 10.2. The zero-order chi connectivity index (χ0) is 19.7. The summed E-state index contributed by atoms with van der Waals surface area (Å²) in [5.41, 5.74) is 2.85. The van der Waals surface area contributed by atoms with Crippen molar-refractivity contribution >= 4 is 40.0 Å². The van der Waals surface area contributed by atoms with Crippen LogP contribution in [0.25, 0.3) is 16.8 Å². The molecule has 3 heterocycles. The van der Waals surface area contributed by atoms with Crippen molar-refractivity contribution in [3.63, 3.8) is 0 Å². The molecule has 28 heavy (non-hydrogen) atoms. The second-order valence-electron chi connectivity index (χ2n) is 6.27. The van der Waals surface area contributed by atoms with Gasteiger partial charge in [0, 0.05) is 17.4 Å². The van der Waals surface area contributed by atoms with Crippen molar-refractivity contribution in [3.8, 4) is 11.3 Å². The Morgan fingerprint density at radius 1 is 1.25 bits per heavy atom. The first-order chi connectivity index (χ1) is 13.6. The molecule has 1 atom stereocenters. The standard InChI is InChI=1S/C20H17ClN4O2S/c1-13(12-26)25(14-7-3-2-4-8-14)20(27)19-23-17(18(21)28-19)15-11-22-24-10-6-5-9-16(15)24/h2-11,13,26H,12H2,1H3/t13-/m0/s1. The number of aliphatic hydroxyl groups excluding tert-OH is 1. The Bertz CT molecular complexity index is 1130. The average Bonchev–Trinajstić information content (AvgIpc) is 3.32. The van der Waals surface area contributed by atoms with Crippen LogP contribution in [0.15, 0.2) is 60.9 Å². The number of aromatic nitrogens is 3. The zero-order valence-corrected chi connectivity index (χ0v) is 16.6. The van der Waals surface area contributed by atoms with Gasteiger partial charge in [0.25, 0.3) is 5.91 Å². The molecule has 1 amide bonds. The van der Waals surface area contributed by atoms with E-state index in [4.69, 9.17) is 11.6 Å². The van der Waals surface area contributed by atoms with Crippen molar-refractivity contribution < 1.29 is 9.90 Å². The van der Waals surface area contributed by atoms with Crippen LogP contribution in [-0.4, -0.2) is 38.3 Å². The number of pyridine rings is 1. The van der Waals surface area contributed by atoms with Crippen molar-refractivity contribution in [2.75, 3.05) is 11.5 Å². The van der Waals surface area contributed by atoms with Gasteiger partial charge in [-0.2, -0.15) is 5.10 Å². The van der Waals surface area contributed by atoms with Crippen LogP contribution in [0.4, 0.5) is 5.69 Å². The molecule has 4 aromatic rings. The summed E-state index contributed by atoms with van der Waals surface area (Å²) < 4.78 is 2.16. The van der Waals surface area contributed by atoms with E-state index < -0.39 is 6.04 Å². The van der Waals surface area contributed by atoms with Gasteiger partial charge in [0.2, 0.25) is 0 Å². The molecule has 6 nitrogen and oxygen atoms in total. The monoisotopic (exact) mass is 412 g/mol. The second kappa shape index (κ2) is 7.71. The number of carbonyl (C=O) groups is 1. The van der Waals surface area contributed by atoms with Gasteiger partial charge in [-0.05, 0) is 31.2 Å². The van der Waals surface area contributed by atoms with E-state index in [0.29, 0.717) is 15.7 Å². The number of amides is 1. The lowest BCUT2D eigenvalue weighted by Crippen LogP contribution is -2.40. The molecule has 1 aromatic carbocycles. The number of anilines is 1. The van der Waals surface area contributed by atoms with E-state index in [1.54, 1.807) is 17.6 Å². The van der Waals surface area contributed by atoms with Gasteiger partial charge in [-0.3, -0.25) is 4.79 Å². The Labute approximate surface area is 170 Å². The third-order valence-corrected chi connectivity index (χ3v) is 5.65. The molecule has 0 aliphatic carbocycles. The van der Waals surface area contributed by atoms with E-state index in [2.05, 4.69) is 10.1 Å². The number of hydrogen-bond donors (Lipinski definition) is 1. The van der Waals surface area contributed by atoms with Crippen LogP contribution in [0.3, 0.4) is 0 Å². The molecule has 0 unspecified atom stereocenters. The highest BCUT2D eigenvalue weighted by Gasteiger charge is 2.27. The van der Waals surface area contributed by atoms with Crippen LogP contribution in [0, 0.1) is 0 Å². The maximum absolute atomic E-state index is 13.2. The molecule has 0 radical (unpaired) electrons. The molecule has 4 rings (SSSR count). The van der Waals surface area contributed by atoms with Gasteiger partial charge in [-0.25, -0.2) is 9.50 Å². The Balaban J connectivity index is 1.75. The first kappa shape index (κ1) is 18.6. The van der Waals surface area contributed by atoms with Gasteiger partial charge in [0.05, 0.1) is 24.4 Å². The summed E-state index contributed by atoms with van der Waals surface area (Å²) in [4.78, 5) is 19.3. The zero-order valence-electron chi connectivity index (χ0n) is 15.0. The fourth-order valence-corrected chi connectivity index (χ4v) is 4.13. The van der Waals surface area contributed by atoms with E-state index in [0.717, 1.165) is 22.4 Å². The molecule has 142 valence electrons. The van der Waals surface area contributed by atoms with Crippen molar-refractivity contribution in [3.05, 3.63) is 70.3 Å². The molecule has 8 heteroatoms. The number of nitrogens with zero attached hydrogens (tertiary/aromatic N) is 4. The van der Waals surface area contributed by atoms with Crippen molar-refractivity contribution in [2.24, 2.45) is 0 Å². The lowest BCUT2D eigenvalue weighted by molar-refractivity contribution is 0.0966. The second-order valence-corrected chi connectivity index (χ2v) is 7.87. The van der Waals surface area contributed by atoms with Gasteiger partial charge in [0.1, 0.15) is 10.0 Å².